The van der Waals surface area contributed by atoms with E-state index in [1.54, 1.807) is 0 Å². The second kappa shape index (κ2) is 5.06. The minimum absolute atomic E-state index is 0.175. The van der Waals surface area contributed by atoms with Crippen LogP contribution in [0.3, 0.4) is 0 Å². The lowest BCUT2D eigenvalue weighted by Gasteiger charge is -2.12. The van der Waals surface area contributed by atoms with Gasteiger partial charge in [-0.2, -0.15) is 0 Å². The second-order valence-corrected chi connectivity index (χ2v) is 5.23. The van der Waals surface area contributed by atoms with Crippen LogP contribution < -0.4 is 10.5 Å². The topological polar surface area (TPSA) is 35.2 Å². The minimum Gasteiger partial charge on any atom is -0.489 e. The molecular formula is C17H19NO. The maximum atomic E-state index is 6.14. The third-order valence-corrected chi connectivity index (χ3v) is 3.83. The van der Waals surface area contributed by atoms with Crippen LogP contribution in [0.4, 0.5) is 0 Å². The van der Waals surface area contributed by atoms with Crippen molar-refractivity contribution in [1.29, 1.82) is 0 Å². The molecule has 0 heterocycles. The van der Waals surface area contributed by atoms with Crippen molar-refractivity contribution in [2.24, 2.45) is 5.73 Å². The Morgan fingerprint density at radius 1 is 1.21 bits per heavy atom. The summed E-state index contributed by atoms with van der Waals surface area (Å²) in [6.07, 6.45) is 2.15. The number of benzene rings is 2. The van der Waals surface area contributed by atoms with Gasteiger partial charge in [0.05, 0.1) is 0 Å². The van der Waals surface area contributed by atoms with Crippen molar-refractivity contribution in [3.63, 3.8) is 0 Å². The predicted molar refractivity (Wildman–Crippen MR) is 77.2 cm³/mol. The summed E-state index contributed by atoms with van der Waals surface area (Å²) in [7, 11) is 0. The first kappa shape index (κ1) is 12.2. The summed E-state index contributed by atoms with van der Waals surface area (Å²) >= 11 is 0. The van der Waals surface area contributed by atoms with E-state index < -0.39 is 0 Å². The maximum Gasteiger partial charge on any atom is 0.120 e. The van der Waals surface area contributed by atoms with E-state index in [0.29, 0.717) is 6.61 Å². The monoisotopic (exact) mass is 253 g/mol. The largest absolute Gasteiger partial charge is 0.489 e. The molecule has 0 saturated carbocycles. The third-order valence-electron chi connectivity index (χ3n) is 3.83. The summed E-state index contributed by atoms with van der Waals surface area (Å²) in [6, 6.07) is 14.6. The maximum absolute atomic E-state index is 6.14. The van der Waals surface area contributed by atoms with E-state index in [-0.39, 0.29) is 6.04 Å². The van der Waals surface area contributed by atoms with Gasteiger partial charge >= 0.3 is 0 Å². The lowest BCUT2D eigenvalue weighted by atomic mass is 10.0. The van der Waals surface area contributed by atoms with Gasteiger partial charge in [0.2, 0.25) is 0 Å². The van der Waals surface area contributed by atoms with Crippen LogP contribution in [0, 0.1) is 6.92 Å². The summed E-state index contributed by atoms with van der Waals surface area (Å²) in [5, 5.41) is 0. The first-order valence-electron chi connectivity index (χ1n) is 6.80. The average Bonchev–Trinajstić information content (AvgIpc) is 2.80. The Hall–Kier alpha value is -1.80. The lowest BCUT2D eigenvalue weighted by molar-refractivity contribution is 0.305. The van der Waals surface area contributed by atoms with Gasteiger partial charge in [-0.3, -0.25) is 0 Å². The van der Waals surface area contributed by atoms with Crippen LogP contribution in [0.5, 0.6) is 5.75 Å². The average molecular weight is 253 g/mol. The molecule has 1 atom stereocenters. The van der Waals surface area contributed by atoms with Gasteiger partial charge in [0.15, 0.2) is 0 Å². The number of aryl methyl sites for hydroxylation is 1. The van der Waals surface area contributed by atoms with Crippen molar-refractivity contribution in [3.05, 3.63) is 64.7 Å². The fraction of sp³-hybridized carbons (Fsp3) is 0.294. The minimum atomic E-state index is 0.175. The van der Waals surface area contributed by atoms with Gasteiger partial charge in [-0.1, -0.05) is 30.3 Å². The first-order chi connectivity index (χ1) is 9.24. The van der Waals surface area contributed by atoms with Gasteiger partial charge in [-0.15, -0.1) is 0 Å². The van der Waals surface area contributed by atoms with Crippen LogP contribution >= 0.6 is 0 Å². The smallest absolute Gasteiger partial charge is 0.120 e. The molecule has 1 aliphatic carbocycles. The van der Waals surface area contributed by atoms with Crippen LogP contribution in [0.2, 0.25) is 0 Å². The van der Waals surface area contributed by atoms with Crippen LogP contribution in [-0.4, -0.2) is 0 Å². The number of fused-ring (bicyclic) bond motifs is 1. The zero-order valence-electron chi connectivity index (χ0n) is 11.2. The van der Waals surface area contributed by atoms with Crippen molar-refractivity contribution < 1.29 is 4.74 Å². The highest BCUT2D eigenvalue weighted by atomic mass is 16.5. The Morgan fingerprint density at radius 2 is 2.00 bits per heavy atom. The summed E-state index contributed by atoms with van der Waals surface area (Å²) in [5.41, 5.74) is 11.3. The first-order valence-corrected chi connectivity index (χ1v) is 6.80. The fourth-order valence-electron chi connectivity index (χ4n) is 2.76. The van der Waals surface area contributed by atoms with Crippen molar-refractivity contribution in [2.45, 2.75) is 32.4 Å². The van der Waals surface area contributed by atoms with Crippen molar-refractivity contribution in [2.75, 3.05) is 0 Å². The Balaban J connectivity index is 1.79. The van der Waals surface area contributed by atoms with E-state index in [1.807, 2.05) is 18.2 Å². The Labute approximate surface area is 114 Å². The van der Waals surface area contributed by atoms with Gasteiger partial charge in [0.25, 0.3) is 0 Å². The van der Waals surface area contributed by atoms with E-state index in [2.05, 4.69) is 31.2 Å². The predicted octanol–water partition coefficient (Wildman–Crippen LogP) is 3.52. The van der Waals surface area contributed by atoms with Crippen LogP contribution in [0.1, 0.15) is 34.7 Å². The molecule has 0 aliphatic heterocycles. The molecule has 0 aromatic heterocycles. The molecule has 0 radical (unpaired) electrons. The normalized spacial score (nSPS) is 17.3. The van der Waals surface area contributed by atoms with Crippen molar-refractivity contribution in [1.82, 2.24) is 0 Å². The molecule has 2 N–H and O–H groups in total. The molecule has 0 bridgehead atoms. The van der Waals surface area contributed by atoms with Gasteiger partial charge in [-0.05, 0) is 54.2 Å². The Morgan fingerprint density at radius 3 is 2.79 bits per heavy atom. The number of hydrogen-bond acceptors (Lipinski definition) is 2. The van der Waals surface area contributed by atoms with E-state index >= 15 is 0 Å². The van der Waals surface area contributed by atoms with Crippen LogP contribution in [0.15, 0.2) is 42.5 Å². The molecule has 19 heavy (non-hydrogen) atoms. The van der Waals surface area contributed by atoms with Gasteiger partial charge in [-0.25, -0.2) is 0 Å². The zero-order chi connectivity index (χ0) is 13.2. The molecule has 2 heteroatoms. The molecule has 1 aliphatic rings. The van der Waals surface area contributed by atoms with Gasteiger partial charge < -0.3 is 10.5 Å². The van der Waals surface area contributed by atoms with E-state index in [4.69, 9.17) is 10.5 Å². The molecule has 2 nitrogen and oxygen atoms in total. The number of ether oxygens (including phenoxy) is 1. The number of nitrogens with two attached hydrogens (primary N) is 1. The highest BCUT2D eigenvalue weighted by Gasteiger charge is 2.21. The molecule has 2 aromatic carbocycles. The zero-order valence-corrected chi connectivity index (χ0v) is 11.2. The summed E-state index contributed by atoms with van der Waals surface area (Å²) in [4.78, 5) is 0. The molecule has 98 valence electrons. The summed E-state index contributed by atoms with van der Waals surface area (Å²) < 4.78 is 5.89. The Kier molecular flexibility index (Phi) is 3.26. The van der Waals surface area contributed by atoms with E-state index in [0.717, 1.165) is 18.6 Å². The van der Waals surface area contributed by atoms with Crippen LogP contribution in [0.25, 0.3) is 0 Å². The molecule has 3 rings (SSSR count). The van der Waals surface area contributed by atoms with Crippen molar-refractivity contribution in [3.8, 4) is 5.75 Å². The Bertz CT molecular complexity index is 577. The lowest BCUT2D eigenvalue weighted by Crippen LogP contribution is -2.06. The van der Waals surface area contributed by atoms with E-state index in [1.165, 1.54) is 22.3 Å². The molecule has 0 fully saturated rings. The number of rotatable bonds is 3. The molecule has 2 aromatic rings. The standard InChI is InChI=1S/C17H19NO/c1-12-9-14(10-16-15(12)7-8-17(16)18)19-11-13-5-3-2-4-6-13/h2-6,9-10,17H,7-8,11,18H2,1H3/t17-/m1/s1. The fourth-order valence-corrected chi connectivity index (χ4v) is 2.76. The second-order valence-electron chi connectivity index (χ2n) is 5.23. The SMILES string of the molecule is Cc1cc(OCc2ccccc2)cc2c1CC[C@H]2N. The van der Waals surface area contributed by atoms with Gasteiger partial charge in [0.1, 0.15) is 12.4 Å². The number of hydrogen-bond donors (Lipinski definition) is 1. The summed E-state index contributed by atoms with van der Waals surface area (Å²) in [6.45, 7) is 2.75. The van der Waals surface area contributed by atoms with E-state index in [9.17, 15) is 0 Å². The van der Waals surface area contributed by atoms with Gasteiger partial charge in [0, 0.05) is 6.04 Å². The molecular weight excluding hydrogens is 234 g/mol. The van der Waals surface area contributed by atoms with Crippen LogP contribution in [-0.2, 0) is 13.0 Å². The molecule has 0 saturated heterocycles. The summed E-state index contributed by atoms with van der Waals surface area (Å²) in [5.74, 6) is 0.928. The molecule has 0 amide bonds. The quantitative estimate of drug-likeness (QED) is 0.908. The third kappa shape index (κ3) is 2.49. The highest BCUT2D eigenvalue weighted by molar-refractivity contribution is 5.46. The molecule has 0 spiro atoms. The molecule has 0 unspecified atom stereocenters. The van der Waals surface area contributed by atoms with Crippen molar-refractivity contribution >= 4 is 0 Å². The highest BCUT2D eigenvalue weighted by Crippen LogP contribution is 2.34.